The number of rotatable bonds is 9. The summed E-state index contributed by atoms with van der Waals surface area (Å²) in [4.78, 5) is 22.0. The first-order valence-corrected chi connectivity index (χ1v) is 8.72. The number of esters is 1. The Morgan fingerprint density at radius 2 is 2.00 bits per heavy atom. The minimum absolute atomic E-state index is 0.0389. The predicted octanol–water partition coefficient (Wildman–Crippen LogP) is -0.169. The fourth-order valence-electron chi connectivity index (χ4n) is 1.98. The molecule has 0 aromatic carbocycles. The zero-order chi connectivity index (χ0) is 16.6. The average molecular weight is 329 g/mol. The molecule has 1 aromatic rings. The molecule has 0 bridgehead atoms. The van der Waals surface area contributed by atoms with Crippen LogP contribution in [-0.2, 0) is 25.9 Å². The van der Waals surface area contributed by atoms with Gasteiger partial charge in [0, 0.05) is 12.5 Å². The lowest BCUT2D eigenvalue weighted by atomic mass is 10.2. The molecule has 0 atom stereocenters. The van der Waals surface area contributed by atoms with Gasteiger partial charge in [-0.3, -0.25) is 4.79 Å². The predicted molar refractivity (Wildman–Crippen MR) is 79.7 cm³/mol. The smallest absolute Gasteiger partial charge is 0.343 e. The number of primary amides is 1. The number of aryl methyl sites for hydroxylation is 1. The topological polar surface area (TPSA) is 107 Å². The zero-order valence-electron chi connectivity index (χ0n) is 12.5. The number of pyridine rings is 1. The maximum atomic E-state index is 11.5. The molecular formula is C14H21N2O5S+. The van der Waals surface area contributed by atoms with Crippen LogP contribution in [0.15, 0.2) is 24.5 Å². The minimum Gasteiger partial charge on any atom is -0.465 e. The Morgan fingerprint density at radius 3 is 2.64 bits per heavy atom. The fourth-order valence-corrected chi connectivity index (χ4v) is 3.20. The summed E-state index contributed by atoms with van der Waals surface area (Å²) < 4.78 is 29.4. The van der Waals surface area contributed by atoms with Gasteiger partial charge in [0.1, 0.15) is 17.9 Å². The number of carbonyl (C=O) groups is 2. The lowest BCUT2D eigenvalue weighted by molar-refractivity contribution is -0.697. The minimum atomic E-state index is -3.39. The molecule has 0 aliphatic heterocycles. The molecule has 8 heteroatoms. The van der Waals surface area contributed by atoms with Gasteiger partial charge in [0.15, 0.2) is 22.2 Å². The molecule has 1 heterocycles. The van der Waals surface area contributed by atoms with Gasteiger partial charge in [-0.2, -0.15) is 0 Å². The van der Waals surface area contributed by atoms with E-state index in [1.54, 1.807) is 18.3 Å². The second-order valence-electron chi connectivity index (χ2n) is 4.94. The van der Waals surface area contributed by atoms with Crippen molar-refractivity contribution in [3.05, 3.63) is 30.1 Å². The Bertz CT molecular complexity index is 628. The molecule has 2 N–H and O–H groups in total. The molecule has 22 heavy (non-hydrogen) atoms. The van der Waals surface area contributed by atoms with Crippen molar-refractivity contribution in [2.24, 2.45) is 5.73 Å². The van der Waals surface area contributed by atoms with E-state index in [1.165, 1.54) is 7.11 Å². The molecule has 0 fully saturated rings. The van der Waals surface area contributed by atoms with Gasteiger partial charge in [0.25, 0.3) is 0 Å². The molecule has 1 aromatic heterocycles. The van der Waals surface area contributed by atoms with Crippen LogP contribution in [0.3, 0.4) is 0 Å². The van der Waals surface area contributed by atoms with E-state index in [9.17, 15) is 18.0 Å². The lowest BCUT2D eigenvalue weighted by Gasteiger charge is -2.02. The SMILES string of the molecule is COC(=O)c1ccc[n+](CCCCCS(=O)(=O)CC(N)=O)c1. The highest BCUT2D eigenvalue weighted by Crippen LogP contribution is 2.02. The summed E-state index contributed by atoms with van der Waals surface area (Å²) in [6.45, 7) is 0.667. The first-order valence-electron chi connectivity index (χ1n) is 6.90. The van der Waals surface area contributed by atoms with E-state index in [0.717, 1.165) is 6.42 Å². The average Bonchev–Trinajstić information content (AvgIpc) is 2.45. The number of amides is 1. The van der Waals surface area contributed by atoms with Crippen molar-refractivity contribution in [3.8, 4) is 0 Å². The summed E-state index contributed by atoms with van der Waals surface area (Å²) in [6.07, 6.45) is 5.47. The van der Waals surface area contributed by atoms with Crippen LogP contribution in [0.2, 0.25) is 0 Å². The van der Waals surface area contributed by atoms with Gasteiger partial charge in [0.05, 0.1) is 12.9 Å². The van der Waals surface area contributed by atoms with Gasteiger partial charge in [-0.1, -0.05) is 0 Å². The molecule has 1 rings (SSSR count). The molecule has 0 saturated heterocycles. The number of ether oxygens (including phenoxy) is 1. The Morgan fingerprint density at radius 1 is 1.27 bits per heavy atom. The van der Waals surface area contributed by atoms with E-state index in [4.69, 9.17) is 5.73 Å². The Labute approximate surface area is 130 Å². The number of aromatic nitrogens is 1. The van der Waals surface area contributed by atoms with Gasteiger partial charge in [-0.25, -0.2) is 17.8 Å². The summed E-state index contributed by atoms with van der Waals surface area (Å²) in [5.74, 6) is -1.85. The molecule has 0 radical (unpaired) electrons. The van der Waals surface area contributed by atoms with E-state index < -0.39 is 27.5 Å². The van der Waals surface area contributed by atoms with Crippen molar-refractivity contribution >= 4 is 21.7 Å². The highest BCUT2D eigenvalue weighted by atomic mass is 32.2. The summed E-state index contributed by atoms with van der Waals surface area (Å²) in [5.41, 5.74) is 5.34. The van der Waals surface area contributed by atoms with Gasteiger partial charge < -0.3 is 10.5 Å². The number of hydrogen-bond acceptors (Lipinski definition) is 5. The third kappa shape index (κ3) is 6.66. The number of nitrogens with two attached hydrogens (primary N) is 1. The van der Waals surface area contributed by atoms with E-state index in [1.807, 2.05) is 10.8 Å². The van der Waals surface area contributed by atoms with Crippen molar-refractivity contribution < 1.29 is 27.3 Å². The molecule has 0 spiro atoms. The van der Waals surface area contributed by atoms with Crippen LogP contribution in [0.4, 0.5) is 0 Å². The maximum Gasteiger partial charge on any atom is 0.343 e. The summed E-state index contributed by atoms with van der Waals surface area (Å²) in [6, 6.07) is 3.42. The molecule has 122 valence electrons. The van der Waals surface area contributed by atoms with Gasteiger partial charge in [-0.05, 0) is 18.9 Å². The highest BCUT2D eigenvalue weighted by Gasteiger charge is 2.14. The third-order valence-corrected chi connectivity index (χ3v) is 4.65. The van der Waals surface area contributed by atoms with Crippen LogP contribution >= 0.6 is 0 Å². The van der Waals surface area contributed by atoms with Crippen LogP contribution in [0, 0.1) is 0 Å². The van der Waals surface area contributed by atoms with E-state index in [2.05, 4.69) is 4.74 Å². The van der Waals surface area contributed by atoms with Crippen molar-refractivity contribution in [2.45, 2.75) is 25.8 Å². The first-order chi connectivity index (χ1) is 10.3. The van der Waals surface area contributed by atoms with Gasteiger partial charge in [0.2, 0.25) is 5.91 Å². The lowest BCUT2D eigenvalue weighted by Crippen LogP contribution is -2.34. The van der Waals surface area contributed by atoms with Crippen molar-refractivity contribution in [1.29, 1.82) is 0 Å². The van der Waals surface area contributed by atoms with Crippen LogP contribution in [0.25, 0.3) is 0 Å². The molecule has 0 saturated carbocycles. The van der Waals surface area contributed by atoms with E-state index >= 15 is 0 Å². The summed E-state index contributed by atoms with van der Waals surface area (Å²) in [7, 11) is -2.06. The highest BCUT2D eigenvalue weighted by molar-refractivity contribution is 7.92. The molecule has 0 unspecified atom stereocenters. The molecule has 1 amide bonds. The standard InChI is InChI=1S/C14H20N2O5S/c1-21-14(18)12-6-5-8-16(10-12)7-3-2-4-9-22(19,20)11-13(15)17/h5-6,8,10H,2-4,7,9,11H2,1H3,(H-,15,17)/p+1. The number of methoxy groups -OCH3 is 1. The second kappa shape index (κ2) is 8.47. The maximum absolute atomic E-state index is 11.5. The van der Waals surface area contributed by atoms with E-state index in [0.29, 0.717) is 24.9 Å². The number of nitrogens with zero attached hydrogens (tertiary/aromatic N) is 1. The van der Waals surface area contributed by atoms with Crippen molar-refractivity contribution in [1.82, 2.24) is 0 Å². The third-order valence-electron chi connectivity index (χ3n) is 3.01. The molecule has 7 nitrogen and oxygen atoms in total. The van der Waals surface area contributed by atoms with Crippen molar-refractivity contribution in [3.63, 3.8) is 0 Å². The largest absolute Gasteiger partial charge is 0.465 e. The number of sulfone groups is 1. The van der Waals surface area contributed by atoms with Crippen LogP contribution in [0.5, 0.6) is 0 Å². The molecular weight excluding hydrogens is 308 g/mol. The van der Waals surface area contributed by atoms with Gasteiger partial charge >= 0.3 is 5.97 Å². The van der Waals surface area contributed by atoms with Crippen LogP contribution in [-0.4, -0.2) is 38.9 Å². The Balaban J connectivity index is 2.36. The van der Waals surface area contributed by atoms with E-state index in [-0.39, 0.29) is 5.75 Å². The van der Waals surface area contributed by atoms with Crippen LogP contribution in [0.1, 0.15) is 29.6 Å². The Hall–Kier alpha value is -1.96. The number of hydrogen-bond donors (Lipinski definition) is 1. The van der Waals surface area contributed by atoms with Crippen LogP contribution < -0.4 is 10.3 Å². The van der Waals surface area contributed by atoms with Crippen molar-refractivity contribution in [2.75, 3.05) is 18.6 Å². The zero-order valence-corrected chi connectivity index (χ0v) is 13.3. The van der Waals surface area contributed by atoms with Gasteiger partial charge in [-0.15, -0.1) is 0 Å². The molecule has 0 aliphatic rings. The fraction of sp³-hybridized carbons (Fsp3) is 0.500. The summed E-state index contributed by atoms with van der Waals surface area (Å²) in [5, 5.41) is 0. The normalized spacial score (nSPS) is 11.1. The monoisotopic (exact) mass is 329 g/mol. The number of carbonyl (C=O) groups excluding carboxylic acids is 2. The Kier molecular flexibility index (Phi) is 6.97. The first kappa shape index (κ1) is 18.1. The second-order valence-corrected chi connectivity index (χ2v) is 7.13. The number of unbranched alkanes of at least 4 members (excludes halogenated alkanes) is 2. The summed E-state index contributed by atoms with van der Waals surface area (Å²) >= 11 is 0. The molecule has 0 aliphatic carbocycles. The quantitative estimate of drug-likeness (QED) is 0.384.